The fraction of sp³-hybridized carbons (Fsp3) is 0.391. The number of alkyl halides is 3. The van der Waals surface area contributed by atoms with Crippen molar-refractivity contribution in [2.45, 2.75) is 32.5 Å². The lowest BCUT2D eigenvalue weighted by Crippen LogP contribution is -2.48. The summed E-state index contributed by atoms with van der Waals surface area (Å²) in [4.78, 5) is 27.0. The first-order chi connectivity index (χ1) is 16.5. The zero-order valence-corrected chi connectivity index (χ0v) is 19.3. The van der Waals surface area contributed by atoms with Crippen molar-refractivity contribution >= 4 is 28.7 Å². The van der Waals surface area contributed by atoms with Gasteiger partial charge in [0.2, 0.25) is 5.95 Å². The number of halogens is 4. The molecular weight excluding hydrogens is 468 g/mol. The van der Waals surface area contributed by atoms with E-state index in [-0.39, 0.29) is 25.4 Å². The molecule has 1 aromatic carbocycles. The van der Waals surface area contributed by atoms with Gasteiger partial charge in [0.1, 0.15) is 5.82 Å². The Morgan fingerprint density at radius 2 is 1.97 bits per heavy atom. The van der Waals surface area contributed by atoms with E-state index in [4.69, 9.17) is 4.74 Å². The number of nitrogens with one attached hydrogen (secondary N) is 2. The lowest BCUT2D eigenvalue weighted by atomic mass is 9.97. The van der Waals surface area contributed by atoms with Crippen molar-refractivity contribution in [3.63, 3.8) is 0 Å². The summed E-state index contributed by atoms with van der Waals surface area (Å²) in [6.45, 7) is 3.36. The van der Waals surface area contributed by atoms with E-state index in [1.807, 2.05) is 6.07 Å². The van der Waals surface area contributed by atoms with Crippen LogP contribution in [0.25, 0.3) is 22.2 Å². The minimum atomic E-state index is -4.41. The Morgan fingerprint density at radius 3 is 2.69 bits per heavy atom. The van der Waals surface area contributed by atoms with Gasteiger partial charge in [0.15, 0.2) is 5.65 Å². The van der Waals surface area contributed by atoms with Gasteiger partial charge in [0.25, 0.3) is 0 Å². The number of pyridine rings is 1. The van der Waals surface area contributed by atoms with Gasteiger partial charge in [0.05, 0.1) is 24.8 Å². The molecule has 1 unspecified atom stereocenters. The summed E-state index contributed by atoms with van der Waals surface area (Å²) in [7, 11) is 1.70. The second kappa shape index (κ2) is 9.61. The predicted molar refractivity (Wildman–Crippen MR) is 123 cm³/mol. The Balaban J connectivity index is 1.60. The molecule has 8 nitrogen and oxygen atoms in total. The van der Waals surface area contributed by atoms with Gasteiger partial charge in [-0.05, 0) is 43.2 Å². The normalized spacial score (nSPS) is 16.4. The fourth-order valence-corrected chi connectivity index (χ4v) is 3.98. The Bertz CT molecular complexity index is 1270. The first kappa shape index (κ1) is 24.6. The van der Waals surface area contributed by atoms with Gasteiger partial charge in [-0.25, -0.2) is 19.2 Å². The number of carbonyl (C=O) groups excluding carboxylic acids is 1. The van der Waals surface area contributed by atoms with E-state index in [1.54, 1.807) is 27.1 Å². The summed E-state index contributed by atoms with van der Waals surface area (Å²) in [5.41, 5.74) is 3.03. The van der Waals surface area contributed by atoms with E-state index in [1.165, 1.54) is 17.0 Å². The standard InChI is InChI=1S/C23H24F4N6O2/c1-12-6-18(24)19(31-22(34)33-4-5-35-15(11-33)9-23(25,26)27)8-16(12)17-7-14-10-29-21(28-3)32-20(14)30-13(17)2/h6-8,10,15H,4-5,9,11H2,1-3H3,(H,31,34)(H,28,29,30,32). The molecule has 2 amide bonds. The van der Waals surface area contributed by atoms with Crippen molar-refractivity contribution in [2.75, 3.05) is 37.4 Å². The molecule has 2 N–H and O–H groups in total. The van der Waals surface area contributed by atoms with E-state index in [0.717, 1.165) is 0 Å². The smallest absolute Gasteiger partial charge is 0.374 e. The SMILES string of the molecule is CNc1ncc2cc(-c3cc(NC(=O)N4CCOC(CC(F)(F)F)C4)c(F)cc3C)c(C)nc2n1. The molecule has 0 radical (unpaired) electrons. The third kappa shape index (κ3) is 5.59. The summed E-state index contributed by atoms with van der Waals surface area (Å²) in [5, 5.41) is 6.03. The molecule has 0 spiro atoms. The van der Waals surface area contributed by atoms with Crippen LogP contribution in [-0.4, -0.2) is 64.9 Å². The van der Waals surface area contributed by atoms with E-state index in [2.05, 4.69) is 25.6 Å². The predicted octanol–water partition coefficient (Wildman–Crippen LogP) is 4.67. The zero-order valence-electron chi connectivity index (χ0n) is 19.3. The topological polar surface area (TPSA) is 92.3 Å². The van der Waals surface area contributed by atoms with E-state index in [9.17, 15) is 22.4 Å². The number of ether oxygens (including phenoxy) is 1. The van der Waals surface area contributed by atoms with Crippen LogP contribution < -0.4 is 10.6 Å². The number of amides is 2. The van der Waals surface area contributed by atoms with Crippen LogP contribution in [-0.2, 0) is 4.74 Å². The number of morpholine rings is 1. The summed E-state index contributed by atoms with van der Waals surface area (Å²) >= 11 is 0. The van der Waals surface area contributed by atoms with Crippen molar-refractivity contribution in [1.29, 1.82) is 0 Å². The second-order valence-electron chi connectivity index (χ2n) is 8.31. The van der Waals surface area contributed by atoms with Crippen LogP contribution in [0.15, 0.2) is 24.4 Å². The van der Waals surface area contributed by atoms with Gasteiger partial charge in [-0.15, -0.1) is 0 Å². The number of nitrogens with zero attached hydrogens (tertiary/aromatic N) is 4. The lowest BCUT2D eigenvalue weighted by molar-refractivity contribution is -0.168. The van der Waals surface area contributed by atoms with Crippen LogP contribution in [0, 0.1) is 19.7 Å². The first-order valence-corrected chi connectivity index (χ1v) is 10.9. The minimum Gasteiger partial charge on any atom is -0.374 e. The second-order valence-corrected chi connectivity index (χ2v) is 8.31. The summed E-state index contributed by atoms with van der Waals surface area (Å²) in [6, 6.07) is 3.93. The zero-order chi connectivity index (χ0) is 25.3. The number of fused-ring (bicyclic) bond motifs is 1. The molecule has 3 heterocycles. The van der Waals surface area contributed by atoms with Gasteiger partial charge in [-0.3, -0.25) is 0 Å². The summed E-state index contributed by atoms with van der Waals surface area (Å²) in [6.07, 6.45) is -5.10. The molecule has 4 rings (SSSR count). The van der Waals surface area contributed by atoms with Crippen LogP contribution in [0.5, 0.6) is 0 Å². The number of aryl methyl sites for hydroxylation is 2. The number of hydrogen-bond donors (Lipinski definition) is 2. The van der Waals surface area contributed by atoms with Gasteiger partial charge in [-0.1, -0.05) is 0 Å². The Labute approximate surface area is 198 Å². The number of rotatable bonds is 4. The highest BCUT2D eigenvalue weighted by Crippen LogP contribution is 2.32. The lowest BCUT2D eigenvalue weighted by Gasteiger charge is -2.33. The average Bonchev–Trinajstić information content (AvgIpc) is 2.79. The highest BCUT2D eigenvalue weighted by atomic mass is 19.4. The van der Waals surface area contributed by atoms with Crippen molar-refractivity contribution in [1.82, 2.24) is 19.9 Å². The first-order valence-electron chi connectivity index (χ1n) is 10.9. The number of carbonyl (C=O) groups is 1. The molecule has 3 aromatic rings. The monoisotopic (exact) mass is 492 g/mol. The van der Waals surface area contributed by atoms with Crippen molar-refractivity contribution in [3.8, 4) is 11.1 Å². The molecule has 1 aliphatic rings. The molecule has 1 fully saturated rings. The number of aromatic nitrogens is 3. The van der Waals surface area contributed by atoms with Gasteiger partial charge < -0.3 is 20.3 Å². The Hall–Kier alpha value is -3.54. The largest absolute Gasteiger partial charge is 0.391 e. The van der Waals surface area contributed by atoms with E-state index < -0.39 is 30.5 Å². The highest BCUT2D eigenvalue weighted by Gasteiger charge is 2.36. The molecule has 35 heavy (non-hydrogen) atoms. The minimum absolute atomic E-state index is 0.0327. The molecule has 1 aliphatic heterocycles. The molecule has 2 aromatic heterocycles. The van der Waals surface area contributed by atoms with Crippen LogP contribution in [0.4, 0.5) is 34.0 Å². The van der Waals surface area contributed by atoms with E-state index >= 15 is 0 Å². The molecule has 1 atom stereocenters. The van der Waals surface area contributed by atoms with Gasteiger partial charge in [-0.2, -0.15) is 18.2 Å². The molecule has 0 saturated carbocycles. The summed E-state index contributed by atoms with van der Waals surface area (Å²) in [5.74, 6) is -0.228. The molecule has 1 saturated heterocycles. The Morgan fingerprint density at radius 1 is 1.20 bits per heavy atom. The maximum absolute atomic E-state index is 14.8. The van der Waals surface area contributed by atoms with Crippen LogP contribution in [0.2, 0.25) is 0 Å². The highest BCUT2D eigenvalue weighted by molar-refractivity contribution is 5.91. The third-order valence-electron chi connectivity index (χ3n) is 5.71. The quantitative estimate of drug-likeness (QED) is 0.514. The van der Waals surface area contributed by atoms with Crippen molar-refractivity contribution in [3.05, 3.63) is 41.5 Å². The van der Waals surface area contributed by atoms with Gasteiger partial charge >= 0.3 is 12.2 Å². The van der Waals surface area contributed by atoms with Crippen LogP contribution in [0.1, 0.15) is 17.7 Å². The maximum atomic E-state index is 14.8. The van der Waals surface area contributed by atoms with Crippen LogP contribution >= 0.6 is 0 Å². The van der Waals surface area contributed by atoms with Crippen molar-refractivity contribution in [2.24, 2.45) is 0 Å². The summed E-state index contributed by atoms with van der Waals surface area (Å²) < 4.78 is 58.0. The third-order valence-corrected chi connectivity index (χ3v) is 5.71. The molecule has 0 bridgehead atoms. The number of benzene rings is 1. The van der Waals surface area contributed by atoms with E-state index in [0.29, 0.717) is 39.4 Å². The molecule has 0 aliphatic carbocycles. The molecule has 186 valence electrons. The van der Waals surface area contributed by atoms with Crippen molar-refractivity contribution < 1.29 is 27.1 Å². The fourth-order valence-electron chi connectivity index (χ4n) is 3.98. The number of anilines is 2. The molecular formula is C23H24F4N6O2. The van der Waals surface area contributed by atoms with Crippen LogP contribution in [0.3, 0.4) is 0 Å². The Kier molecular flexibility index (Phi) is 6.75. The van der Waals surface area contributed by atoms with Gasteiger partial charge in [0, 0.05) is 43.0 Å². The average molecular weight is 492 g/mol. The molecule has 12 heteroatoms. The maximum Gasteiger partial charge on any atom is 0.391 e. The number of hydrogen-bond acceptors (Lipinski definition) is 6. The number of urea groups is 1.